The largest absolute Gasteiger partial charge is 0.507 e. The van der Waals surface area contributed by atoms with Crippen molar-refractivity contribution >= 4 is 44.1 Å². The Bertz CT molecular complexity index is 1750. The van der Waals surface area contributed by atoms with E-state index in [1.165, 1.54) is 30.2 Å². The van der Waals surface area contributed by atoms with Crippen molar-refractivity contribution in [3.8, 4) is 17.2 Å². The number of unbranched alkanes of at least 4 members (excludes halogenated alkanes) is 1. The van der Waals surface area contributed by atoms with E-state index >= 15 is 0 Å². The molecule has 0 radical (unpaired) electrons. The quantitative estimate of drug-likeness (QED) is 0.108. The van der Waals surface area contributed by atoms with E-state index in [1.807, 2.05) is 6.92 Å². The number of halogens is 1. The van der Waals surface area contributed by atoms with Crippen LogP contribution in [-0.4, -0.2) is 41.6 Å². The molecule has 0 bridgehead atoms. The fraction of sp³-hybridized carbons (Fsp3) is 0.281. The van der Waals surface area contributed by atoms with Crippen LogP contribution in [0.2, 0.25) is 0 Å². The fourth-order valence-corrected chi connectivity index (χ4v) is 6.38. The van der Waals surface area contributed by atoms with Crippen LogP contribution in [0.25, 0.3) is 16.0 Å². The number of thiazole rings is 1. The van der Waals surface area contributed by atoms with Crippen molar-refractivity contribution in [3.05, 3.63) is 82.7 Å². The Morgan fingerprint density at radius 2 is 1.98 bits per heavy atom. The lowest BCUT2D eigenvalue weighted by molar-refractivity contribution is -0.132. The fourth-order valence-electron chi connectivity index (χ4n) is 5.36. The topological polar surface area (TPSA) is 98.2 Å². The third kappa shape index (κ3) is 4.85. The van der Waals surface area contributed by atoms with Crippen molar-refractivity contribution < 1.29 is 33.3 Å². The maximum absolute atomic E-state index is 14.0. The van der Waals surface area contributed by atoms with Gasteiger partial charge in [0.25, 0.3) is 5.78 Å². The van der Waals surface area contributed by atoms with Gasteiger partial charge < -0.3 is 19.3 Å². The lowest BCUT2D eigenvalue weighted by Gasteiger charge is -2.24. The van der Waals surface area contributed by atoms with Gasteiger partial charge in [-0.3, -0.25) is 14.5 Å². The summed E-state index contributed by atoms with van der Waals surface area (Å²) in [7, 11) is 1.51. The second kappa shape index (κ2) is 11.1. The third-order valence-corrected chi connectivity index (χ3v) is 8.44. The number of aromatic nitrogens is 1. The van der Waals surface area contributed by atoms with E-state index in [1.54, 1.807) is 36.4 Å². The molecular weight excluding hydrogens is 559 g/mol. The summed E-state index contributed by atoms with van der Waals surface area (Å²) in [6.07, 6.45) is 2.49. The molecule has 6 rings (SSSR count). The Hall–Kier alpha value is -4.44. The Morgan fingerprint density at radius 1 is 1.14 bits per heavy atom. The number of ketones is 1. The molecule has 216 valence electrons. The summed E-state index contributed by atoms with van der Waals surface area (Å²) in [6, 6.07) is 13.5. The molecule has 0 aliphatic carbocycles. The molecule has 10 heteroatoms. The van der Waals surface area contributed by atoms with Gasteiger partial charge in [0.2, 0.25) is 0 Å². The number of fused-ring (bicyclic) bond motifs is 2. The molecule has 42 heavy (non-hydrogen) atoms. The number of hydrogen-bond donors (Lipinski definition) is 1. The van der Waals surface area contributed by atoms with Gasteiger partial charge in [-0.05, 0) is 73.0 Å². The highest BCUT2D eigenvalue weighted by molar-refractivity contribution is 7.22. The zero-order valence-corrected chi connectivity index (χ0v) is 24.2. The summed E-state index contributed by atoms with van der Waals surface area (Å²) < 4.78 is 31.8. The summed E-state index contributed by atoms with van der Waals surface area (Å²) >= 11 is 1.09. The van der Waals surface area contributed by atoms with Gasteiger partial charge in [0.1, 0.15) is 23.4 Å². The number of aliphatic hydroxyl groups excluding tert-OH is 1. The molecule has 0 unspecified atom stereocenters. The highest BCUT2D eigenvalue weighted by Crippen LogP contribution is 2.46. The average Bonchev–Trinajstić information content (AvgIpc) is 3.64. The summed E-state index contributed by atoms with van der Waals surface area (Å²) in [5.74, 6) is -0.774. The number of carbonyl (C=O) groups excluding carboxylic acids is 2. The SMILES string of the molecule is CCCCOc1ccc([C@@H]2/C(=C(\O)c3ccc4c(c3)C[C@H](C)O4)C(=O)C(=O)N2c2nc3ccc(F)cc3s2)cc1OC. The molecule has 3 heterocycles. The van der Waals surface area contributed by atoms with Gasteiger partial charge in [0.05, 0.1) is 35.5 Å². The van der Waals surface area contributed by atoms with Crippen LogP contribution in [0.4, 0.5) is 9.52 Å². The van der Waals surface area contributed by atoms with Gasteiger partial charge in [-0.2, -0.15) is 0 Å². The molecule has 2 aliphatic heterocycles. The van der Waals surface area contributed by atoms with E-state index in [0.717, 1.165) is 35.5 Å². The number of benzene rings is 3. The molecule has 1 N–H and O–H groups in total. The van der Waals surface area contributed by atoms with Crippen molar-refractivity contribution in [1.29, 1.82) is 0 Å². The van der Waals surface area contributed by atoms with Gasteiger partial charge >= 0.3 is 5.91 Å². The number of Topliss-reactive ketones (excluding diaryl/α,β-unsaturated/α-hetero) is 1. The van der Waals surface area contributed by atoms with Crippen LogP contribution in [0.3, 0.4) is 0 Å². The van der Waals surface area contributed by atoms with Crippen molar-refractivity contribution in [2.45, 2.75) is 45.3 Å². The van der Waals surface area contributed by atoms with Crippen LogP contribution in [0.1, 0.15) is 49.4 Å². The minimum atomic E-state index is -1.03. The summed E-state index contributed by atoms with van der Waals surface area (Å²) in [4.78, 5) is 33.1. The van der Waals surface area contributed by atoms with Crippen LogP contribution in [0.5, 0.6) is 17.2 Å². The molecular formula is C32H29FN2O6S. The summed E-state index contributed by atoms with van der Waals surface area (Å²) in [5.41, 5.74) is 2.22. The molecule has 0 saturated carbocycles. The van der Waals surface area contributed by atoms with Crippen LogP contribution in [-0.2, 0) is 16.0 Å². The zero-order chi connectivity index (χ0) is 29.5. The van der Waals surface area contributed by atoms with Crippen LogP contribution >= 0.6 is 11.3 Å². The monoisotopic (exact) mass is 588 g/mol. The number of methoxy groups -OCH3 is 1. The van der Waals surface area contributed by atoms with Crippen LogP contribution in [0.15, 0.2) is 60.2 Å². The van der Waals surface area contributed by atoms with E-state index < -0.39 is 23.5 Å². The molecule has 1 saturated heterocycles. The number of nitrogens with zero attached hydrogens (tertiary/aromatic N) is 2. The van der Waals surface area contributed by atoms with Gasteiger partial charge in [0.15, 0.2) is 16.6 Å². The Balaban J connectivity index is 1.51. The van der Waals surface area contributed by atoms with E-state index in [4.69, 9.17) is 14.2 Å². The van der Waals surface area contributed by atoms with E-state index in [2.05, 4.69) is 11.9 Å². The lowest BCUT2D eigenvalue weighted by Crippen LogP contribution is -2.29. The first-order chi connectivity index (χ1) is 20.3. The van der Waals surface area contributed by atoms with Crippen molar-refractivity contribution in [2.75, 3.05) is 18.6 Å². The first-order valence-electron chi connectivity index (χ1n) is 13.8. The lowest BCUT2D eigenvalue weighted by atomic mass is 9.94. The predicted octanol–water partition coefficient (Wildman–Crippen LogP) is 6.57. The minimum absolute atomic E-state index is 0.00243. The first-order valence-corrected chi connectivity index (χ1v) is 14.6. The van der Waals surface area contributed by atoms with E-state index in [9.17, 15) is 19.1 Å². The number of ether oxygens (including phenoxy) is 3. The molecule has 2 atom stereocenters. The standard InChI is InChI=1S/C32H29FN2O6S/c1-4-5-12-40-24-11-6-18(15-25(24)39-3)28-27(29(36)19-7-10-23-20(14-19)13-17(2)41-23)30(37)31(38)35(28)32-34-22-9-8-21(33)16-26(22)42-32/h6-11,14-17,28,36H,4-5,12-13H2,1-3H3/b29-27+/t17-,28+/m0/s1. The molecule has 1 amide bonds. The molecule has 1 aromatic heterocycles. The second-order valence-electron chi connectivity index (χ2n) is 10.3. The van der Waals surface area contributed by atoms with Crippen LogP contribution < -0.4 is 19.1 Å². The molecule has 1 fully saturated rings. The molecule has 4 aromatic rings. The molecule has 2 aliphatic rings. The van der Waals surface area contributed by atoms with Crippen molar-refractivity contribution in [3.63, 3.8) is 0 Å². The number of aliphatic hydroxyl groups is 1. The maximum atomic E-state index is 14.0. The van der Waals surface area contributed by atoms with E-state index in [0.29, 0.717) is 45.9 Å². The maximum Gasteiger partial charge on any atom is 0.301 e. The highest BCUT2D eigenvalue weighted by atomic mass is 32.1. The number of anilines is 1. The van der Waals surface area contributed by atoms with Crippen molar-refractivity contribution in [1.82, 2.24) is 4.98 Å². The second-order valence-corrected chi connectivity index (χ2v) is 11.4. The van der Waals surface area contributed by atoms with Gasteiger partial charge in [-0.25, -0.2) is 9.37 Å². The first kappa shape index (κ1) is 27.7. The number of rotatable bonds is 8. The van der Waals surface area contributed by atoms with Gasteiger partial charge in [-0.15, -0.1) is 0 Å². The number of carbonyl (C=O) groups is 2. The molecule has 8 nitrogen and oxygen atoms in total. The minimum Gasteiger partial charge on any atom is -0.507 e. The third-order valence-electron chi connectivity index (χ3n) is 7.42. The molecule has 3 aromatic carbocycles. The summed E-state index contributed by atoms with van der Waals surface area (Å²) in [5, 5.41) is 11.8. The Morgan fingerprint density at radius 3 is 2.76 bits per heavy atom. The van der Waals surface area contributed by atoms with Crippen molar-refractivity contribution in [2.24, 2.45) is 0 Å². The highest BCUT2D eigenvalue weighted by Gasteiger charge is 2.48. The normalized spacial score (nSPS) is 19.3. The number of amides is 1. The van der Waals surface area contributed by atoms with Gasteiger partial charge in [-0.1, -0.05) is 30.7 Å². The Labute approximate surface area is 246 Å². The zero-order valence-electron chi connectivity index (χ0n) is 23.3. The number of hydrogen-bond acceptors (Lipinski definition) is 8. The van der Waals surface area contributed by atoms with Crippen LogP contribution in [0, 0.1) is 5.82 Å². The van der Waals surface area contributed by atoms with E-state index in [-0.39, 0.29) is 22.6 Å². The predicted molar refractivity (Wildman–Crippen MR) is 158 cm³/mol. The molecule has 0 spiro atoms. The summed E-state index contributed by atoms with van der Waals surface area (Å²) in [6.45, 7) is 4.53. The Kier molecular flexibility index (Phi) is 7.32. The smallest absolute Gasteiger partial charge is 0.301 e. The average molecular weight is 589 g/mol. The van der Waals surface area contributed by atoms with Gasteiger partial charge in [0, 0.05) is 12.0 Å².